The van der Waals surface area contributed by atoms with Crippen LogP contribution in [0.5, 0.6) is 0 Å². The Morgan fingerprint density at radius 2 is 2.21 bits per heavy atom. The molecule has 0 radical (unpaired) electrons. The lowest BCUT2D eigenvalue weighted by Gasteiger charge is -2.05. The van der Waals surface area contributed by atoms with Crippen molar-refractivity contribution in [3.8, 4) is 6.07 Å². The van der Waals surface area contributed by atoms with Crippen LogP contribution in [0.25, 0.3) is 0 Å². The van der Waals surface area contributed by atoms with Crippen LogP contribution in [0, 0.1) is 11.3 Å². The Morgan fingerprint density at radius 3 is 2.71 bits per heavy atom. The molecule has 0 saturated carbocycles. The van der Waals surface area contributed by atoms with Crippen molar-refractivity contribution in [3.05, 3.63) is 28.8 Å². The summed E-state index contributed by atoms with van der Waals surface area (Å²) in [6.45, 7) is -0.428. The second-order valence-electron chi connectivity index (χ2n) is 2.58. The molecule has 1 aromatic carbocycles. The molecule has 0 atom stereocenters. The predicted octanol–water partition coefficient (Wildman–Crippen LogP) is 2.89. The Hall–Kier alpha value is -1.34. The molecule has 0 aliphatic rings. The average Bonchev–Trinajstić information content (AvgIpc) is 2.15. The predicted molar refractivity (Wildman–Crippen MR) is 50.7 cm³/mol. The van der Waals surface area contributed by atoms with Crippen molar-refractivity contribution in [1.29, 1.82) is 5.26 Å². The minimum atomic E-state index is -2.41. The summed E-state index contributed by atoms with van der Waals surface area (Å²) < 4.78 is 23.6. The van der Waals surface area contributed by atoms with Crippen molar-refractivity contribution in [2.24, 2.45) is 0 Å². The van der Waals surface area contributed by atoms with Gasteiger partial charge in [0.05, 0.1) is 17.1 Å². The van der Waals surface area contributed by atoms with E-state index in [0.717, 1.165) is 0 Å². The van der Waals surface area contributed by atoms with E-state index in [1.165, 1.54) is 18.2 Å². The summed E-state index contributed by atoms with van der Waals surface area (Å²) in [5.41, 5.74) is 0.809. The monoisotopic (exact) mass is 216 g/mol. The molecule has 0 aliphatic carbocycles. The third-order valence-corrected chi connectivity index (χ3v) is 1.86. The summed E-state index contributed by atoms with van der Waals surface area (Å²) in [6, 6.07) is 6.34. The second-order valence-corrected chi connectivity index (χ2v) is 2.99. The Bertz CT molecular complexity index is 360. The van der Waals surface area contributed by atoms with Gasteiger partial charge >= 0.3 is 0 Å². The minimum absolute atomic E-state index is 0.256. The number of nitriles is 1. The SMILES string of the molecule is N#Cc1ccc(NCC(F)F)cc1Cl. The van der Waals surface area contributed by atoms with Gasteiger partial charge in [-0.15, -0.1) is 0 Å². The van der Waals surface area contributed by atoms with Crippen molar-refractivity contribution in [2.45, 2.75) is 6.43 Å². The number of nitrogens with one attached hydrogen (secondary N) is 1. The summed E-state index contributed by atoms with van der Waals surface area (Å²) in [4.78, 5) is 0. The number of alkyl halides is 2. The molecule has 0 aliphatic heterocycles. The van der Waals surface area contributed by atoms with Gasteiger partial charge in [0.25, 0.3) is 6.43 Å². The quantitative estimate of drug-likeness (QED) is 0.843. The summed E-state index contributed by atoms with van der Waals surface area (Å²) in [6.07, 6.45) is -2.41. The summed E-state index contributed by atoms with van der Waals surface area (Å²) in [5.74, 6) is 0. The molecule has 0 bridgehead atoms. The first-order valence-electron chi connectivity index (χ1n) is 3.85. The van der Waals surface area contributed by atoms with Gasteiger partial charge in [-0.3, -0.25) is 0 Å². The zero-order chi connectivity index (χ0) is 10.6. The number of nitrogens with zero attached hydrogens (tertiary/aromatic N) is 1. The van der Waals surface area contributed by atoms with Gasteiger partial charge in [-0.1, -0.05) is 11.6 Å². The van der Waals surface area contributed by atoms with Gasteiger partial charge in [0.15, 0.2) is 0 Å². The molecule has 1 aromatic rings. The van der Waals surface area contributed by atoms with Crippen LogP contribution >= 0.6 is 11.6 Å². The largest absolute Gasteiger partial charge is 0.379 e. The highest BCUT2D eigenvalue weighted by atomic mass is 35.5. The van der Waals surface area contributed by atoms with E-state index in [2.05, 4.69) is 5.32 Å². The number of anilines is 1. The third kappa shape index (κ3) is 2.86. The second kappa shape index (κ2) is 4.77. The molecule has 74 valence electrons. The molecule has 0 fully saturated rings. The number of rotatable bonds is 3. The summed E-state index contributed by atoms with van der Waals surface area (Å²) in [7, 11) is 0. The van der Waals surface area contributed by atoms with Crippen LogP contribution in [0.1, 0.15) is 5.56 Å². The first kappa shape index (κ1) is 10.7. The fourth-order valence-electron chi connectivity index (χ4n) is 0.911. The molecule has 1 rings (SSSR count). The summed E-state index contributed by atoms with van der Waals surface area (Å²) >= 11 is 5.69. The molecule has 0 spiro atoms. The van der Waals surface area contributed by atoms with E-state index in [1.807, 2.05) is 6.07 Å². The van der Waals surface area contributed by atoms with Crippen LogP contribution in [-0.4, -0.2) is 13.0 Å². The number of halogens is 3. The third-order valence-electron chi connectivity index (χ3n) is 1.55. The fraction of sp³-hybridized carbons (Fsp3) is 0.222. The Morgan fingerprint density at radius 1 is 1.50 bits per heavy atom. The molecular weight excluding hydrogens is 210 g/mol. The molecule has 14 heavy (non-hydrogen) atoms. The van der Waals surface area contributed by atoms with Crippen LogP contribution < -0.4 is 5.32 Å². The molecule has 1 N–H and O–H groups in total. The maximum absolute atomic E-state index is 11.8. The van der Waals surface area contributed by atoms with Gasteiger partial charge in [0, 0.05) is 5.69 Å². The highest BCUT2D eigenvalue weighted by Crippen LogP contribution is 2.20. The zero-order valence-corrected chi connectivity index (χ0v) is 7.85. The van der Waals surface area contributed by atoms with Gasteiger partial charge in [0.1, 0.15) is 6.07 Å². The van der Waals surface area contributed by atoms with E-state index < -0.39 is 13.0 Å². The highest BCUT2D eigenvalue weighted by molar-refractivity contribution is 6.32. The van der Waals surface area contributed by atoms with Crippen molar-refractivity contribution < 1.29 is 8.78 Å². The lowest BCUT2D eigenvalue weighted by molar-refractivity contribution is 0.163. The molecule has 0 saturated heterocycles. The van der Waals surface area contributed by atoms with E-state index in [9.17, 15) is 8.78 Å². The topological polar surface area (TPSA) is 35.8 Å². The Kier molecular flexibility index (Phi) is 3.66. The molecule has 0 amide bonds. The van der Waals surface area contributed by atoms with Crippen LogP contribution in [0.4, 0.5) is 14.5 Å². The zero-order valence-electron chi connectivity index (χ0n) is 7.10. The average molecular weight is 217 g/mol. The van der Waals surface area contributed by atoms with Crippen molar-refractivity contribution in [1.82, 2.24) is 0 Å². The molecule has 5 heteroatoms. The number of hydrogen-bond acceptors (Lipinski definition) is 2. The van der Waals surface area contributed by atoms with Gasteiger partial charge in [-0.05, 0) is 18.2 Å². The smallest absolute Gasteiger partial charge is 0.255 e. The van der Waals surface area contributed by atoms with Gasteiger partial charge < -0.3 is 5.32 Å². The van der Waals surface area contributed by atoms with Crippen LogP contribution in [0.3, 0.4) is 0 Å². The van der Waals surface area contributed by atoms with Crippen LogP contribution in [0.15, 0.2) is 18.2 Å². The van der Waals surface area contributed by atoms with Crippen LogP contribution in [0.2, 0.25) is 5.02 Å². The van der Waals surface area contributed by atoms with Crippen molar-refractivity contribution in [2.75, 3.05) is 11.9 Å². The number of hydrogen-bond donors (Lipinski definition) is 1. The van der Waals surface area contributed by atoms with Crippen LogP contribution in [-0.2, 0) is 0 Å². The van der Waals surface area contributed by atoms with Gasteiger partial charge in [0.2, 0.25) is 0 Å². The van der Waals surface area contributed by atoms with E-state index in [1.54, 1.807) is 0 Å². The first-order valence-corrected chi connectivity index (χ1v) is 4.23. The molecule has 2 nitrogen and oxygen atoms in total. The molecule has 0 heterocycles. The Labute approximate surface area is 85.1 Å². The standard InChI is InChI=1S/C9H7ClF2N2/c10-8-3-7(14-5-9(11)12)2-1-6(8)4-13/h1-3,9,14H,5H2. The minimum Gasteiger partial charge on any atom is -0.379 e. The normalized spacial score (nSPS) is 9.93. The van der Waals surface area contributed by atoms with E-state index in [4.69, 9.17) is 16.9 Å². The maximum atomic E-state index is 11.8. The van der Waals surface area contributed by atoms with Gasteiger partial charge in [-0.25, -0.2) is 8.78 Å². The highest BCUT2D eigenvalue weighted by Gasteiger charge is 2.03. The van der Waals surface area contributed by atoms with E-state index in [0.29, 0.717) is 11.3 Å². The van der Waals surface area contributed by atoms with Crippen molar-refractivity contribution in [3.63, 3.8) is 0 Å². The fourth-order valence-corrected chi connectivity index (χ4v) is 1.13. The molecule has 0 unspecified atom stereocenters. The first-order chi connectivity index (χ1) is 6.63. The lowest BCUT2D eigenvalue weighted by atomic mass is 10.2. The molecule has 0 aromatic heterocycles. The van der Waals surface area contributed by atoms with Gasteiger partial charge in [-0.2, -0.15) is 5.26 Å². The summed E-state index contributed by atoms with van der Waals surface area (Å²) in [5, 5.41) is 11.3. The lowest BCUT2D eigenvalue weighted by Crippen LogP contribution is -2.09. The maximum Gasteiger partial charge on any atom is 0.255 e. The number of benzene rings is 1. The molecular formula is C9H7ClF2N2. The Balaban J connectivity index is 2.73. The van der Waals surface area contributed by atoms with E-state index in [-0.39, 0.29) is 5.02 Å². The van der Waals surface area contributed by atoms with E-state index >= 15 is 0 Å². The van der Waals surface area contributed by atoms with Crippen molar-refractivity contribution >= 4 is 17.3 Å².